The quantitative estimate of drug-likeness (QED) is 0.674. The molecule has 1 aromatic heterocycles. The molecule has 8 heteroatoms. The number of hydrogen-bond donors (Lipinski definition) is 0. The normalized spacial score (nSPS) is 13.9. The van der Waals surface area contributed by atoms with E-state index in [1.54, 1.807) is 29.9 Å². The van der Waals surface area contributed by atoms with E-state index in [0.717, 1.165) is 17.1 Å². The molecule has 5 nitrogen and oxygen atoms in total. The maximum atomic E-state index is 12.4. The summed E-state index contributed by atoms with van der Waals surface area (Å²) >= 11 is 7.01. The van der Waals surface area contributed by atoms with Crippen LogP contribution in [0, 0.1) is 0 Å². The smallest absolute Gasteiger partial charge is 0.414 e. The van der Waals surface area contributed by atoms with E-state index in [0.29, 0.717) is 23.1 Å². The molecule has 0 radical (unpaired) electrons. The molecular formula is C13H16ClN2O3PS. The molecule has 0 aliphatic heterocycles. The van der Waals surface area contributed by atoms with E-state index in [1.165, 1.54) is 6.20 Å². The molecule has 1 heterocycles. The summed E-state index contributed by atoms with van der Waals surface area (Å²) in [6, 6.07) is 7.22. The molecule has 1 aromatic carbocycles. The zero-order valence-corrected chi connectivity index (χ0v) is 14.2. The molecule has 0 aliphatic rings. The van der Waals surface area contributed by atoms with Crippen LogP contribution in [0.2, 0.25) is 5.02 Å². The Morgan fingerprint density at radius 1 is 1.33 bits per heavy atom. The standard InChI is InChI=1S/C13H16ClN2O3PS/c1-3-18-20(17,21-4-2)19-13-9-15-16(10-13)12-7-5-11(14)6-8-12/h5-10H,3-4H2,1-2H3. The molecule has 0 bridgehead atoms. The van der Waals surface area contributed by atoms with E-state index in [1.807, 2.05) is 19.1 Å². The Bertz CT molecular complexity index is 623. The summed E-state index contributed by atoms with van der Waals surface area (Å²) in [5.41, 5.74) is 0.837. The van der Waals surface area contributed by atoms with Crippen molar-refractivity contribution in [3.63, 3.8) is 0 Å². The van der Waals surface area contributed by atoms with Crippen molar-refractivity contribution in [1.82, 2.24) is 9.78 Å². The first-order chi connectivity index (χ1) is 10.1. The fraction of sp³-hybridized carbons (Fsp3) is 0.308. The van der Waals surface area contributed by atoms with Crippen LogP contribution in [0.15, 0.2) is 36.7 Å². The van der Waals surface area contributed by atoms with Crippen LogP contribution in [-0.2, 0) is 9.09 Å². The lowest BCUT2D eigenvalue weighted by Crippen LogP contribution is -1.95. The molecular weight excluding hydrogens is 331 g/mol. The van der Waals surface area contributed by atoms with Gasteiger partial charge in [-0.05, 0) is 42.6 Å². The lowest BCUT2D eigenvalue weighted by Gasteiger charge is -2.15. The predicted octanol–water partition coefficient (Wildman–Crippen LogP) is 4.80. The van der Waals surface area contributed by atoms with Crippen LogP contribution in [0.3, 0.4) is 0 Å². The second-order valence-electron chi connectivity index (χ2n) is 3.97. The van der Waals surface area contributed by atoms with Crippen molar-refractivity contribution in [3.8, 4) is 11.4 Å². The first-order valence-electron chi connectivity index (χ1n) is 6.45. The SMILES string of the molecule is CCOP(=O)(Oc1cnn(-c2ccc(Cl)cc2)c1)SCC. The minimum atomic E-state index is -3.19. The van der Waals surface area contributed by atoms with Crippen LogP contribution in [0.25, 0.3) is 5.69 Å². The number of aromatic nitrogens is 2. The highest BCUT2D eigenvalue weighted by molar-refractivity contribution is 8.55. The molecule has 0 saturated heterocycles. The minimum Gasteiger partial charge on any atom is -0.414 e. The van der Waals surface area contributed by atoms with E-state index in [4.69, 9.17) is 20.6 Å². The van der Waals surface area contributed by atoms with Gasteiger partial charge in [0.15, 0.2) is 5.75 Å². The van der Waals surface area contributed by atoms with Gasteiger partial charge in [0.25, 0.3) is 0 Å². The van der Waals surface area contributed by atoms with Crippen LogP contribution < -0.4 is 4.52 Å². The fourth-order valence-corrected chi connectivity index (χ4v) is 4.82. The fourth-order valence-electron chi connectivity index (χ4n) is 1.62. The monoisotopic (exact) mass is 346 g/mol. The van der Waals surface area contributed by atoms with Crippen LogP contribution >= 0.6 is 29.8 Å². The molecule has 0 fully saturated rings. The molecule has 0 saturated carbocycles. The molecule has 2 aromatic rings. The first kappa shape index (κ1) is 16.4. The largest absolute Gasteiger partial charge is 0.440 e. The second kappa shape index (κ2) is 7.36. The highest BCUT2D eigenvalue weighted by Gasteiger charge is 2.26. The molecule has 114 valence electrons. The number of benzene rings is 1. The molecule has 0 amide bonds. The van der Waals surface area contributed by atoms with Gasteiger partial charge in [-0.2, -0.15) is 5.10 Å². The van der Waals surface area contributed by atoms with Gasteiger partial charge in [0.1, 0.15) is 0 Å². The second-order valence-corrected chi connectivity index (χ2v) is 8.69. The molecule has 1 unspecified atom stereocenters. The van der Waals surface area contributed by atoms with Crippen molar-refractivity contribution in [2.45, 2.75) is 13.8 Å². The van der Waals surface area contributed by atoms with Crippen molar-refractivity contribution in [1.29, 1.82) is 0 Å². The number of rotatable bonds is 7. The molecule has 0 spiro atoms. The summed E-state index contributed by atoms with van der Waals surface area (Å²) in [5, 5.41) is 4.84. The number of nitrogens with zero attached hydrogens (tertiary/aromatic N) is 2. The third-order valence-electron chi connectivity index (χ3n) is 2.44. The summed E-state index contributed by atoms with van der Waals surface area (Å²) in [7, 11) is 0. The van der Waals surface area contributed by atoms with Gasteiger partial charge in [-0.1, -0.05) is 18.5 Å². The van der Waals surface area contributed by atoms with E-state index in [-0.39, 0.29) is 0 Å². The van der Waals surface area contributed by atoms with Gasteiger partial charge in [0.05, 0.1) is 24.7 Å². The third-order valence-corrected chi connectivity index (χ3v) is 6.54. The molecule has 21 heavy (non-hydrogen) atoms. The Balaban J connectivity index is 2.15. The Hall–Kier alpha value is -0.940. The maximum Gasteiger partial charge on any atom is 0.440 e. The van der Waals surface area contributed by atoms with Crippen molar-refractivity contribution in [2.24, 2.45) is 0 Å². The number of hydrogen-bond acceptors (Lipinski definition) is 5. The van der Waals surface area contributed by atoms with Gasteiger partial charge in [0.2, 0.25) is 0 Å². The van der Waals surface area contributed by atoms with Gasteiger partial charge in [-0.3, -0.25) is 4.52 Å². The van der Waals surface area contributed by atoms with E-state index < -0.39 is 6.80 Å². The average molecular weight is 347 g/mol. The highest BCUT2D eigenvalue weighted by atomic mass is 35.5. The van der Waals surface area contributed by atoms with Crippen LogP contribution in [0.5, 0.6) is 5.75 Å². The molecule has 0 N–H and O–H groups in total. The maximum absolute atomic E-state index is 12.4. The Morgan fingerprint density at radius 3 is 2.67 bits per heavy atom. The summed E-state index contributed by atoms with van der Waals surface area (Å²) in [6.07, 6.45) is 3.17. The predicted molar refractivity (Wildman–Crippen MR) is 86.6 cm³/mol. The third kappa shape index (κ3) is 4.51. The zero-order valence-electron chi connectivity index (χ0n) is 11.7. The average Bonchev–Trinajstić information content (AvgIpc) is 2.88. The summed E-state index contributed by atoms with van der Waals surface area (Å²) in [5.74, 6) is 1.05. The van der Waals surface area contributed by atoms with Crippen molar-refractivity contribution in [3.05, 3.63) is 41.7 Å². The van der Waals surface area contributed by atoms with Crippen molar-refractivity contribution >= 4 is 29.8 Å². The van der Waals surface area contributed by atoms with Gasteiger partial charge in [-0.15, -0.1) is 0 Å². The molecule has 0 aliphatic carbocycles. The van der Waals surface area contributed by atoms with Crippen LogP contribution in [-0.4, -0.2) is 22.1 Å². The Morgan fingerprint density at radius 2 is 2.05 bits per heavy atom. The van der Waals surface area contributed by atoms with Gasteiger partial charge in [-0.25, -0.2) is 9.25 Å². The summed E-state index contributed by atoms with van der Waals surface area (Å²) < 4.78 is 24.8. The summed E-state index contributed by atoms with van der Waals surface area (Å²) in [4.78, 5) is 0. The minimum absolute atomic E-state index is 0.329. The van der Waals surface area contributed by atoms with E-state index in [9.17, 15) is 4.57 Å². The molecule has 2 rings (SSSR count). The Labute approximate surface area is 132 Å². The first-order valence-corrected chi connectivity index (χ1v) is 9.97. The van der Waals surface area contributed by atoms with E-state index >= 15 is 0 Å². The topological polar surface area (TPSA) is 53.4 Å². The lowest BCUT2D eigenvalue weighted by molar-refractivity contribution is 0.296. The van der Waals surface area contributed by atoms with E-state index in [2.05, 4.69) is 5.10 Å². The van der Waals surface area contributed by atoms with Gasteiger partial charge < -0.3 is 4.52 Å². The summed E-state index contributed by atoms with van der Waals surface area (Å²) in [6.45, 7) is 0.825. The molecule has 1 atom stereocenters. The highest BCUT2D eigenvalue weighted by Crippen LogP contribution is 2.59. The Kier molecular flexibility index (Phi) is 5.76. The van der Waals surface area contributed by atoms with Crippen LogP contribution in [0.4, 0.5) is 0 Å². The van der Waals surface area contributed by atoms with Gasteiger partial charge in [0, 0.05) is 10.8 Å². The zero-order chi connectivity index (χ0) is 15.3. The number of halogens is 1. The van der Waals surface area contributed by atoms with Crippen LogP contribution in [0.1, 0.15) is 13.8 Å². The van der Waals surface area contributed by atoms with Crippen molar-refractivity contribution in [2.75, 3.05) is 12.4 Å². The lowest BCUT2D eigenvalue weighted by atomic mass is 10.3. The van der Waals surface area contributed by atoms with Crippen molar-refractivity contribution < 1.29 is 13.6 Å². The van der Waals surface area contributed by atoms with Gasteiger partial charge >= 0.3 is 6.80 Å².